The molecule has 22 heavy (non-hydrogen) atoms. The molecule has 1 N–H and O–H groups in total. The number of halogens is 1. The molecule has 0 aliphatic carbocycles. The third-order valence-electron chi connectivity index (χ3n) is 3.96. The molecule has 1 aliphatic rings. The Kier molecular flexibility index (Phi) is 5.08. The number of aryl methyl sites for hydroxylation is 1. The standard InChI is InChI=1S/C16H21ClN4O/c1-2-21-11-13(9-20-21)16-15(4-3-5-22-16)19-8-12-6-14(17)10-18-7-12/h6-7,9-11,15-16,19H,2-5,8H2,1H3/t15-,16+/m1/s1. The summed E-state index contributed by atoms with van der Waals surface area (Å²) in [5.41, 5.74) is 2.23. The summed E-state index contributed by atoms with van der Waals surface area (Å²) in [5.74, 6) is 0. The van der Waals surface area contributed by atoms with E-state index in [1.807, 2.05) is 23.1 Å². The fourth-order valence-corrected chi connectivity index (χ4v) is 3.02. The van der Waals surface area contributed by atoms with Gasteiger partial charge in [-0.25, -0.2) is 0 Å². The van der Waals surface area contributed by atoms with Crippen LogP contribution in [0.4, 0.5) is 0 Å². The smallest absolute Gasteiger partial charge is 0.101 e. The normalized spacial score (nSPS) is 21.9. The minimum Gasteiger partial charge on any atom is -0.372 e. The van der Waals surface area contributed by atoms with Gasteiger partial charge >= 0.3 is 0 Å². The van der Waals surface area contributed by atoms with E-state index in [-0.39, 0.29) is 12.1 Å². The Hall–Kier alpha value is -1.43. The van der Waals surface area contributed by atoms with Crippen molar-refractivity contribution in [2.24, 2.45) is 0 Å². The molecule has 0 aromatic carbocycles. The van der Waals surface area contributed by atoms with E-state index >= 15 is 0 Å². The molecule has 2 aromatic rings. The molecule has 0 amide bonds. The zero-order valence-corrected chi connectivity index (χ0v) is 13.5. The third kappa shape index (κ3) is 3.66. The predicted octanol–water partition coefficient (Wildman–Crippen LogP) is 2.96. The summed E-state index contributed by atoms with van der Waals surface area (Å²) < 4.78 is 7.92. The van der Waals surface area contributed by atoms with E-state index in [0.29, 0.717) is 5.02 Å². The molecule has 0 radical (unpaired) electrons. The number of pyridine rings is 1. The first-order valence-corrected chi connectivity index (χ1v) is 8.11. The van der Waals surface area contributed by atoms with Gasteiger partial charge in [-0.15, -0.1) is 0 Å². The van der Waals surface area contributed by atoms with Crippen molar-refractivity contribution in [2.45, 2.75) is 45.0 Å². The van der Waals surface area contributed by atoms with E-state index in [4.69, 9.17) is 16.3 Å². The van der Waals surface area contributed by atoms with Crippen molar-refractivity contribution in [1.82, 2.24) is 20.1 Å². The lowest BCUT2D eigenvalue weighted by Crippen LogP contribution is -2.39. The molecule has 0 spiro atoms. The van der Waals surface area contributed by atoms with Crippen LogP contribution in [-0.2, 0) is 17.8 Å². The topological polar surface area (TPSA) is 52.0 Å². The average molecular weight is 321 g/mol. The maximum absolute atomic E-state index is 5.99. The molecular formula is C16H21ClN4O. The lowest BCUT2D eigenvalue weighted by molar-refractivity contribution is -0.0112. The lowest BCUT2D eigenvalue weighted by atomic mass is 9.98. The van der Waals surface area contributed by atoms with E-state index in [9.17, 15) is 0 Å². The molecule has 6 heteroatoms. The van der Waals surface area contributed by atoms with Crippen molar-refractivity contribution in [3.63, 3.8) is 0 Å². The predicted molar refractivity (Wildman–Crippen MR) is 85.7 cm³/mol. The highest BCUT2D eigenvalue weighted by Gasteiger charge is 2.28. The molecule has 1 saturated heterocycles. The molecule has 1 fully saturated rings. The molecule has 0 saturated carbocycles. The van der Waals surface area contributed by atoms with E-state index in [1.165, 1.54) is 0 Å². The van der Waals surface area contributed by atoms with Crippen molar-refractivity contribution in [3.8, 4) is 0 Å². The van der Waals surface area contributed by atoms with Crippen LogP contribution in [0.3, 0.4) is 0 Å². The van der Waals surface area contributed by atoms with Crippen LogP contribution in [0.1, 0.15) is 37.0 Å². The minimum absolute atomic E-state index is 0.0567. The van der Waals surface area contributed by atoms with Gasteiger partial charge in [0.2, 0.25) is 0 Å². The molecular weight excluding hydrogens is 300 g/mol. The maximum Gasteiger partial charge on any atom is 0.101 e. The molecule has 1 aliphatic heterocycles. The van der Waals surface area contributed by atoms with Crippen molar-refractivity contribution < 1.29 is 4.74 Å². The monoisotopic (exact) mass is 320 g/mol. The summed E-state index contributed by atoms with van der Waals surface area (Å²) in [6.07, 6.45) is 9.70. The van der Waals surface area contributed by atoms with E-state index in [2.05, 4.69) is 28.5 Å². The van der Waals surface area contributed by atoms with Crippen molar-refractivity contribution >= 4 is 11.6 Å². The minimum atomic E-state index is 0.0567. The van der Waals surface area contributed by atoms with E-state index in [1.54, 1.807) is 6.20 Å². The van der Waals surface area contributed by atoms with Gasteiger partial charge in [0.15, 0.2) is 0 Å². The van der Waals surface area contributed by atoms with Crippen molar-refractivity contribution in [2.75, 3.05) is 6.61 Å². The van der Waals surface area contributed by atoms with Gasteiger partial charge in [-0.05, 0) is 31.4 Å². The van der Waals surface area contributed by atoms with Gasteiger partial charge in [0, 0.05) is 49.9 Å². The quantitative estimate of drug-likeness (QED) is 0.920. The van der Waals surface area contributed by atoms with Crippen LogP contribution in [0.25, 0.3) is 0 Å². The molecule has 2 atom stereocenters. The Labute approximate surface area is 135 Å². The van der Waals surface area contributed by atoms with Gasteiger partial charge in [-0.1, -0.05) is 11.6 Å². The molecule has 0 bridgehead atoms. The van der Waals surface area contributed by atoms with Gasteiger partial charge in [0.1, 0.15) is 6.10 Å². The Balaban J connectivity index is 1.67. The van der Waals surface area contributed by atoms with Gasteiger partial charge in [-0.3, -0.25) is 9.67 Å². The summed E-state index contributed by atoms with van der Waals surface area (Å²) in [6, 6.07) is 2.22. The summed E-state index contributed by atoms with van der Waals surface area (Å²) in [6.45, 7) is 4.50. The molecule has 2 aromatic heterocycles. The van der Waals surface area contributed by atoms with Crippen LogP contribution in [0.5, 0.6) is 0 Å². The lowest BCUT2D eigenvalue weighted by Gasteiger charge is -2.32. The van der Waals surface area contributed by atoms with E-state index in [0.717, 1.165) is 43.7 Å². The Morgan fingerprint density at radius 2 is 2.32 bits per heavy atom. The van der Waals surface area contributed by atoms with Crippen molar-refractivity contribution in [1.29, 1.82) is 0 Å². The maximum atomic E-state index is 5.99. The first-order chi connectivity index (χ1) is 10.8. The summed E-state index contributed by atoms with van der Waals surface area (Å²) in [4.78, 5) is 4.12. The number of ether oxygens (including phenoxy) is 1. The highest BCUT2D eigenvalue weighted by Crippen LogP contribution is 2.28. The Morgan fingerprint density at radius 1 is 1.41 bits per heavy atom. The Morgan fingerprint density at radius 3 is 3.09 bits per heavy atom. The zero-order valence-electron chi connectivity index (χ0n) is 12.7. The largest absolute Gasteiger partial charge is 0.372 e. The van der Waals surface area contributed by atoms with Gasteiger partial charge in [0.05, 0.1) is 11.2 Å². The summed E-state index contributed by atoms with van der Waals surface area (Å²) >= 11 is 5.98. The SMILES string of the molecule is CCn1cc([C@@H]2OCCC[C@H]2NCc2cncc(Cl)c2)cn1. The number of nitrogens with zero attached hydrogens (tertiary/aromatic N) is 3. The second kappa shape index (κ2) is 7.22. The fourth-order valence-electron chi connectivity index (χ4n) is 2.82. The Bertz CT molecular complexity index is 616. The summed E-state index contributed by atoms with van der Waals surface area (Å²) in [7, 11) is 0. The number of hydrogen-bond acceptors (Lipinski definition) is 4. The van der Waals surface area contributed by atoms with Crippen LogP contribution in [0, 0.1) is 0 Å². The number of hydrogen-bond donors (Lipinski definition) is 1. The average Bonchev–Trinajstić information content (AvgIpc) is 3.02. The fraction of sp³-hybridized carbons (Fsp3) is 0.500. The third-order valence-corrected chi connectivity index (χ3v) is 4.16. The molecule has 5 nitrogen and oxygen atoms in total. The second-order valence-electron chi connectivity index (χ2n) is 5.56. The van der Waals surface area contributed by atoms with Gasteiger partial charge < -0.3 is 10.1 Å². The number of aromatic nitrogens is 3. The van der Waals surface area contributed by atoms with Crippen LogP contribution >= 0.6 is 11.6 Å². The highest BCUT2D eigenvalue weighted by atomic mass is 35.5. The van der Waals surface area contributed by atoms with Crippen molar-refractivity contribution in [3.05, 3.63) is 47.0 Å². The van der Waals surface area contributed by atoms with E-state index < -0.39 is 0 Å². The van der Waals surface area contributed by atoms with Gasteiger partial charge in [-0.2, -0.15) is 5.10 Å². The van der Waals surface area contributed by atoms with Gasteiger partial charge in [0.25, 0.3) is 0 Å². The van der Waals surface area contributed by atoms with Crippen LogP contribution < -0.4 is 5.32 Å². The van der Waals surface area contributed by atoms with Crippen LogP contribution in [-0.4, -0.2) is 27.4 Å². The first kappa shape index (κ1) is 15.5. The summed E-state index contributed by atoms with van der Waals surface area (Å²) in [5, 5.41) is 8.60. The second-order valence-corrected chi connectivity index (χ2v) is 6.00. The first-order valence-electron chi connectivity index (χ1n) is 7.73. The molecule has 0 unspecified atom stereocenters. The molecule has 3 heterocycles. The van der Waals surface area contributed by atoms with Crippen LogP contribution in [0.15, 0.2) is 30.9 Å². The highest BCUT2D eigenvalue weighted by molar-refractivity contribution is 6.30. The number of nitrogens with one attached hydrogen (secondary N) is 1. The zero-order chi connectivity index (χ0) is 15.4. The number of rotatable bonds is 5. The molecule has 118 valence electrons. The van der Waals surface area contributed by atoms with Crippen LogP contribution in [0.2, 0.25) is 5.02 Å². The molecule has 3 rings (SSSR count).